The number of carbonyl (C=O) groups is 2. The molecule has 0 unspecified atom stereocenters. The summed E-state index contributed by atoms with van der Waals surface area (Å²) in [5.74, 6) is -2.14. The van der Waals surface area contributed by atoms with Crippen LogP contribution in [0.25, 0.3) is 0 Å². The van der Waals surface area contributed by atoms with E-state index >= 15 is 0 Å². The summed E-state index contributed by atoms with van der Waals surface area (Å²) in [4.78, 5) is 25.2. The number of rotatable bonds is 3. The van der Waals surface area contributed by atoms with Gasteiger partial charge >= 0.3 is 5.97 Å². The van der Waals surface area contributed by atoms with Gasteiger partial charge in [-0.25, -0.2) is 4.98 Å². The third kappa shape index (κ3) is 2.94. The highest BCUT2D eigenvalue weighted by molar-refractivity contribution is 5.96. The van der Waals surface area contributed by atoms with Crippen LogP contribution in [0.1, 0.15) is 16.1 Å². The molecule has 0 spiro atoms. The molecule has 6 nitrogen and oxygen atoms in total. The van der Waals surface area contributed by atoms with Gasteiger partial charge in [0.25, 0.3) is 5.91 Å². The number of aryl methyl sites for hydroxylation is 1. The molecule has 0 aromatic carbocycles. The Labute approximate surface area is 85.6 Å². The molecule has 0 bridgehead atoms. The van der Waals surface area contributed by atoms with E-state index in [2.05, 4.69) is 10.3 Å². The number of nitrogens with one attached hydrogen (secondary N) is 1. The number of amides is 1. The zero-order valence-corrected chi connectivity index (χ0v) is 8.02. The number of carboxylic acid groups (broad SMARTS) is 1. The van der Waals surface area contributed by atoms with Crippen molar-refractivity contribution < 1.29 is 19.8 Å². The molecule has 0 fully saturated rings. The minimum absolute atomic E-state index is 0.179. The van der Waals surface area contributed by atoms with Crippen molar-refractivity contribution >= 4 is 11.9 Å². The molecule has 0 radical (unpaired) electrons. The number of nitrogens with zero attached hydrogens (tertiary/aromatic N) is 1. The lowest BCUT2D eigenvalue weighted by Crippen LogP contribution is -2.29. The zero-order chi connectivity index (χ0) is 11.4. The van der Waals surface area contributed by atoms with E-state index < -0.39 is 18.4 Å². The van der Waals surface area contributed by atoms with E-state index in [1.54, 1.807) is 6.92 Å². The van der Waals surface area contributed by atoms with Crippen molar-refractivity contribution in [2.45, 2.75) is 6.92 Å². The third-order valence-corrected chi connectivity index (χ3v) is 1.62. The number of pyridine rings is 1. The number of hydrogen-bond donors (Lipinski definition) is 3. The third-order valence-electron chi connectivity index (χ3n) is 1.62. The number of carbonyl (C=O) groups excluding carboxylic acids is 1. The van der Waals surface area contributed by atoms with Crippen LogP contribution in [0.4, 0.5) is 0 Å². The Morgan fingerprint density at radius 1 is 1.53 bits per heavy atom. The van der Waals surface area contributed by atoms with E-state index in [-0.39, 0.29) is 11.4 Å². The van der Waals surface area contributed by atoms with Crippen molar-refractivity contribution in [2.75, 3.05) is 6.54 Å². The predicted octanol–water partition coefficient (Wildman–Crippen LogP) is -0.0900. The Bertz CT molecular complexity index is 403. The fourth-order valence-corrected chi connectivity index (χ4v) is 0.968. The van der Waals surface area contributed by atoms with Gasteiger partial charge in [0.2, 0.25) is 0 Å². The highest BCUT2D eigenvalue weighted by Crippen LogP contribution is 2.14. The van der Waals surface area contributed by atoms with Crippen LogP contribution in [0.5, 0.6) is 5.75 Å². The number of aromatic nitrogens is 1. The van der Waals surface area contributed by atoms with Gasteiger partial charge in [-0.15, -0.1) is 0 Å². The molecule has 1 rings (SSSR count). The first-order valence-electron chi connectivity index (χ1n) is 4.16. The van der Waals surface area contributed by atoms with Crippen LogP contribution in [0.15, 0.2) is 12.3 Å². The van der Waals surface area contributed by atoms with Crippen molar-refractivity contribution in [2.24, 2.45) is 0 Å². The second-order valence-corrected chi connectivity index (χ2v) is 2.96. The number of carboxylic acids is 1. The first-order chi connectivity index (χ1) is 7.00. The molecule has 15 heavy (non-hydrogen) atoms. The minimum atomic E-state index is -1.16. The molecule has 1 amide bonds. The first-order valence-corrected chi connectivity index (χ1v) is 4.16. The second-order valence-electron chi connectivity index (χ2n) is 2.96. The summed E-state index contributed by atoms with van der Waals surface area (Å²) in [6.45, 7) is 1.21. The molecule has 3 N–H and O–H groups in total. The van der Waals surface area contributed by atoms with Crippen LogP contribution in [0.3, 0.4) is 0 Å². The van der Waals surface area contributed by atoms with Crippen molar-refractivity contribution in [3.05, 3.63) is 23.5 Å². The lowest BCUT2D eigenvalue weighted by molar-refractivity contribution is -0.135. The lowest BCUT2D eigenvalue weighted by Gasteiger charge is -2.04. The summed E-state index contributed by atoms with van der Waals surface area (Å²) >= 11 is 0. The molecule has 0 aliphatic rings. The van der Waals surface area contributed by atoms with Crippen LogP contribution in [0.2, 0.25) is 0 Å². The normalized spacial score (nSPS) is 9.67. The molecule has 1 aromatic heterocycles. The van der Waals surface area contributed by atoms with Crippen LogP contribution in [-0.4, -0.2) is 33.6 Å². The van der Waals surface area contributed by atoms with Gasteiger partial charge < -0.3 is 15.5 Å². The standard InChI is InChI=1S/C9H10N2O4/c1-5-2-6(12)8(10-3-5)9(15)11-4-7(13)14/h2-3,12H,4H2,1H3,(H,11,15)(H,13,14). The molecular weight excluding hydrogens is 200 g/mol. The van der Waals surface area contributed by atoms with E-state index in [4.69, 9.17) is 5.11 Å². The fraction of sp³-hybridized carbons (Fsp3) is 0.222. The topological polar surface area (TPSA) is 99.5 Å². The summed E-state index contributed by atoms with van der Waals surface area (Å²) in [7, 11) is 0. The number of aromatic hydroxyl groups is 1. The van der Waals surface area contributed by atoms with Gasteiger partial charge in [0.05, 0.1) is 0 Å². The van der Waals surface area contributed by atoms with E-state index in [0.29, 0.717) is 5.56 Å². The molecule has 0 saturated carbocycles. The summed E-state index contributed by atoms with van der Waals surface area (Å²) in [5, 5.41) is 19.8. The zero-order valence-electron chi connectivity index (χ0n) is 8.02. The molecule has 0 aliphatic carbocycles. The molecule has 80 valence electrons. The van der Waals surface area contributed by atoms with Crippen molar-refractivity contribution in [3.8, 4) is 5.75 Å². The smallest absolute Gasteiger partial charge is 0.322 e. The molecule has 1 heterocycles. The Hall–Kier alpha value is -2.11. The lowest BCUT2D eigenvalue weighted by atomic mass is 10.2. The van der Waals surface area contributed by atoms with Gasteiger partial charge in [-0.1, -0.05) is 0 Å². The van der Waals surface area contributed by atoms with Crippen LogP contribution >= 0.6 is 0 Å². The summed E-state index contributed by atoms with van der Waals surface area (Å²) in [6, 6.07) is 1.38. The molecule has 0 aliphatic heterocycles. The highest BCUT2D eigenvalue weighted by atomic mass is 16.4. The largest absolute Gasteiger partial charge is 0.505 e. The van der Waals surface area contributed by atoms with E-state index in [9.17, 15) is 14.7 Å². The minimum Gasteiger partial charge on any atom is -0.505 e. The fourth-order valence-electron chi connectivity index (χ4n) is 0.968. The molecule has 6 heteroatoms. The summed E-state index contributed by atoms with van der Waals surface area (Å²) in [6.07, 6.45) is 1.41. The average Bonchev–Trinajstić information content (AvgIpc) is 2.14. The van der Waals surface area contributed by atoms with Gasteiger partial charge in [0.1, 0.15) is 12.3 Å². The van der Waals surface area contributed by atoms with E-state index in [0.717, 1.165) is 0 Å². The maximum atomic E-state index is 11.3. The van der Waals surface area contributed by atoms with Crippen molar-refractivity contribution in [1.82, 2.24) is 10.3 Å². The monoisotopic (exact) mass is 210 g/mol. The second kappa shape index (κ2) is 4.41. The Morgan fingerprint density at radius 2 is 2.20 bits per heavy atom. The molecule has 0 saturated heterocycles. The van der Waals surface area contributed by atoms with Crippen molar-refractivity contribution in [1.29, 1.82) is 0 Å². The Kier molecular flexibility index (Phi) is 3.22. The average molecular weight is 210 g/mol. The first kappa shape index (κ1) is 11.0. The number of aliphatic carboxylic acids is 1. The summed E-state index contributed by atoms with van der Waals surface area (Å²) in [5.41, 5.74) is 0.532. The van der Waals surface area contributed by atoms with Crippen LogP contribution in [0, 0.1) is 6.92 Å². The van der Waals surface area contributed by atoms with Crippen LogP contribution < -0.4 is 5.32 Å². The Balaban J connectivity index is 2.78. The quantitative estimate of drug-likeness (QED) is 0.647. The number of hydrogen-bond acceptors (Lipinski definition) is 4. The maximum Gasteiger partial charge on any atom is 0.322 e. The molecule has 0 atom stereocenters. The maximum absolute atomic E-state index is 11.3. The predicted molar refractivity (Wildman–Crippen MR) is 50.6 cm³/mol. The van der Waals surface area contributed by atoms with Gasteiger partial charge in [-0.05, 0) is 18.6 Å². The van der Waals surface area contributed by atoms with E-state index in [1.165, 1.54) is 12.3 Å². The van der Waals surface area contributed by atoms with E-state index in [1.807, 2.05) is 0 Å². The van der Waals surface area contributed by atoms with Gasteiger partial charge in [0.15, 0.2) is 5.69 Å². The van der Waals surface area contributed by atoms with Gasteiger partial charge in [-0.3, -0.25) is 9.59 Å². The molecular formula is C9H10N2O4. The van der Waals surface area contributed by atoms with Gasteiger partial charge in [-0.2, -0.15) is 0 Å². The highest BCUT2D eigenvalue weighted by Gasteiger charge is 2.13. The Morgan fingerprint density at radius 3 is 2.73 bits per heavy atom. The SMILES string of the molecule is Cc1cnc(C(=O)NCC(=O)O)c(O)c1. The van der Waals surface area contributed by atoms with Crippen molar-refractivity contribution in [3.63, 3.8) is 0 Å². The van der Waals surface area contributed by atoms with Gasteiger partial charge in [0, 0.05) is 6.20 Å². The summed E-state index contributed by atoms with van der Waals surface area (Å²) < 4.78 is 0. The molecule has 1 aromatic rings. The van der Waals surface area contributed by atoms with Crippen LogP contribution in [-0.2, 0) is 4.79 Å².